The fourth-order valence-electron chi connectivity index (χ4n) is 4.00. The molecular weight excluding hydrogens is 526 g/mol. The number of carbonyl (C=O) groups excluding carboxylic acids is 1. The van der Waals surface area contributed by atoms with E-state index in [1.54, 1.807) is 4.90 Å². The summed E-state index contributed by atoms with van der Waals surface area (Å²) in [5.74, 6) is 0.207. The number of halogens is 1. The van der Waals surface area contributed by atoms with Gasteiger partial charge in [0.25, 0.3) is 11.2 Å². The lowest BCUT2D eigenvalue weighted by atomic mass is 10.1. The Kier molecular flexibility index (Phi) is 7.48. The highest BCUT2D eigenvalue weighted by Gasteiger charge is 2.30. The van der Waals surface area contributed by atoms with E-state index in [4.69, 9.17) is 16.3 Å². The van der Waals surface area contributed by atoms with Crippen LogP contribution in [-0.2, 0) is 14.8 Å². The van der Waals surface area contributed by atoms with Gasteiger partial charge in [-0.1, -0.05) is 18.5 Å². The molecule has 0 bridgehead atoms. The Balaban J connectivity index is 1.80. The third kappa shape index (κ3) is 5.29. The third-order valence-electron chi connectivity index (χ3n) is 5.96. The second-order valence-corrected chi connectivity index (χ2v) is 10.8. The van der Waals surface area contributed by atoms with Gasteiger partial charge in [0.1, 0.15) is 16.6 Å². The third-order valence-corrected chi connectivity index (χ3v) is 8.16. The number of hydrogen-bond acceptors (Lipinski definition) is 8. The van der Waals surface area contributed by atoms with Crippen LogP contribution in [-0.4, -0.2) is 71.2 Å². The summed E-state index contributed by atoms with van der Waals surface area (Å²) in [6.45, 7) is 4.54. The van der Waals surface area contributed by atoms with E-state index < -0.39 is 26.2 Å². The number of nitro groups is 1. The fraction of sp³-hybridized carbons (Fsp3) is 0.348. The lowest BCUT2D eigenvalue weighted by Crippen LogP contribution is -2.49. The van der Waals surface area contributed by atoms with Crippen LogP contribution < -0.4 is 10.3 Å². The molecule has 1 aliphatic rings. The van der Waals surface area contributed by atoms with Crippen LogP contribution in [0.25, 0.3) is 22.3 Å². The van der Waals surface area contributed by atoms with Gasteiger partial charge in [-0.25, -0.2) is 13.4 Å². The first-order chi connectivity index (χ1) is 17.5. The second-order valence-electron chi connectivity index (χ2n) is 8.41. The molecule has 0 spiro atoms. The number of aromatic nitrogens is 2. The number of amides is 1. The molecule has 12 nitrogen and oxygen atoms in total. The van der Waals surface area contributed by atoms with Gasteiger partial charge in [-0.15, -0.1) is 0 Å². The number of nitrogens with zero attached hydrogens (tertiary/aromatic N) is 4. The maximum atomic E-state index is 13.4. The highest BCUT2D eigenvalue weighted by atomic mass is 35.5. The molecule has 3 aromatic rings. The van der Waals surface area contributed by atoms with Crippen LogP contribution in [0.1, 0.15) is 20.3 Å². The number of piperazine rings is 1. The van der Waals surface area contributed by atoms with E-state index in [2.05, 4.69) is 9.97 Å². The Hall–Kier alpha value is -3.55. The molecule has 0 unspecified atom stereocenters. The smallest absolute Gasteiger partial charge is 0.288 e. The van der Waals surface area contributed by atoms with Crippen molar-refractivity contribution in [3.8, 4) is 17.1 Å². The van der Waals surface area contributed by atoms with E-state index in [9.17, 15) is 28.1 Å². The molecule has 0 saturated carbocycles. The van der Waals surface area contributed by atoms with Crippen molar-refractivity contribution in [2.45, 2.75) is 25.2 Å². The zero-order chi connectivity index (χ0) is 26.9. The quantitative estimate of drug-likeness (QED) is 0.348. The van der Waals surface area contributed by atoms with E-state index in [1.165, 1.54) is 35.5 Å². The van der Waals surface area contributed by atoms with Crippen molar-refractivity contribution >= 4 is 44.1 Å². The second kappa shape index (κ2) is 10.4. The Bertz CT molecular complexity index is 1550. The number of ether oxygens (including phenoxy) is 1. The van der Waals surface area contributed by atoms with Gasteiger partial charge < -0.3 is 14.6 Å². The first kappa shape index (κ1) is 26.5. The van der Waals surface area contributed by atoms with Crippen molar-refractivity contribution in [3.05, 3.63) is 55.8 Å². The molecule has 2 aromatic carbocycles. The molecule has 1 fully saturated rings. The van der Waals surface area contributed by atoms with Crippen molar-refractivity contribution in [1.82, 2.24) is 19.2 Å². The van der Waals surface area contributed by atoms with E-state index in [0.717, 1.165) is 6.07 Å². The lowest BCUT2D eigenvalue weighted by Gasteiger charge is -2.33. The van der Waals surface area contributed by atoms with Crippen LogP contribution in [0.2, 0.25) is 5.02 Å². The average molecular weight is 550 g/mol. The summed E-state index contributed by atoms with van der Waals surface area (Å²) in [6, 6.07) is 6.55. The molecule has 1 aliphatic heterocycles. The Morgan fingerprint density at radius 2 is 1.92 bits per heavy atom. The minimum Gasteiger partial charge on any atom is -0.493 e. The predicted molar refractivity (Wildman–Crippen MR) is 136 cm³/mol. The van der Waals surface area contributed by atoms with Crippen molar-refractivity contribution in [3.63, 3.8) is 0 Å². The number of rotatable bonds is 7. The number of benzene rings is 2. The summed E-state index contributed by atoms with van der Waals surface area (Å²) in [7, 11) is -3.93. The van der Waals surface area contributed by atoms with E-state index in [-0.39, 0.29) is 64.3 Å². The fourth-order valence-corrected chi connectivity index (χ4v) is 5.68. The number of hydrogen-bond donors (Lipinski definition) is 1. The number of fused-ring (bicyclic) bond motifs is 1. The molecule has 1 N–H and O–H groups in total. The normalized spacial score (nSPS) is 14.6. The van der Waals surface area contributed by atoms with Crippen LogP contribution >= 0.6 is 11.6 Å². The topological polar surface area (TPSA) is 156 Å². The maximum Gasteiger partial charge on any atom is 0.288 e. The van der Waals surface area contributed by atoms with Gasteiger partial charge in [-0.3, -0.25) is 19.7 Å². The van der Waals surface area contributed by atoms with Crippen molar-refractivity contribution in [2.75, 3.05) is 32.8 Å². The molecule has 14 heteroatoms. The van der Waals surface area contributed by atoms with Crippen LogP contribution in [0.5, 0.6) is 5.75 Å². The van der Waals surface area contributed by atoms with Gasteiger partial charge in [0.15, 0.2) is 0 Å². The number of nitro benzene ring substituents is 1. The molecule has 196 valence electrons. The van der Waals surface area contributed by atoms with E-state index in [1.807, 2.05) is 6.92 Å². The summed E-state index contributed by atoms with van der Waals surface area (Å²) in [4.78, 5) is 43.5. The summed E-state index contributed by atoms with van der Waals surface area (Å²) in [5.41, 5.74) is -0.760. The van der Waals surface area contributed by atoms with Crippen molar-refractivity contribution in [2.24, 2.45) is 0 Å². The average Bonchev–Trinajstić information content (AvgIpc) is 2.86. The standard InChI is InChI=1S/C23H24ClN5O7S/c1-3-10-36-21-5-4-15(37(34,35)28-8-6-27(7-9-28)14(2)30)11-17(21)22-25-19-13-18(24)20(29(32)33)12-16(19)23(31)26-22/h4-5,11-13H,3,6-10H2,1-2H3,(H,25,26,31). The number of sulfonamides is 1. The molecule has 0 aliphatic carbocycles. The maximum absolute atomic E-state index is 13.4. The highest BCUT2D eigenvalue weighted by Crippen LogP contribution is 2.33. The molecule has 37 heavy (non-hydrogen) atoms. The van der Waals surface area contributed by atoms with Crippen LogP contribution in [0.15, 0.2) is 40.0 Å². The number of nitrogens with one attached hydrogen (secondary N) is 1. The van der Waals surface area contributed by atoms with E-state index >= 15 is 0 Å². The zero-order valence-electron chi connectivity index (χ0n) is 20.1. The molecule has 1 amide bonds. The van der Waals surface area contributed by atoms with Gasteiger partial charge in [0.05, 0.1) is 32.9 Å². The van der Waals surface area contributed by atoms with Gasteiger partial charge >= 0.3 is 0 Å². The molecular formula is C23H24ClN5O7S. The Labute approximate surface area is 217 Å². The molecule has 0 atom stereocenters. The monoisotopic (exact) mass is 549 g/mol. The van der Waals surface area contributed by atoms with Gasteiger partial charge in [0.2, 0.25) is 15.9 Å². The first-order valence-electron chi connectivity index (χ1n) is 11.4. The van der Waals surface area contributed by atoms with Crippen LogP contribution in [0.3, 0.4) is 0 Å². The van der Waals surface area contributed by atoms with Crippen LogP contribution in [0, 0.1) is 10.1 Å². The van der Waals surface area contributed by atoms with Gasteiger partial charge in [-0.05, 0) is 30.7 Å². The summed E-state index contributed by atoms with van der Waals surface area (Å²) < 4.78 is 33.9. The largest absolute Gasteiger partial charge is 0.493 e. The minimum atomic E-state index is -3.93. The summed E-state index contributed by atoms with van der Waals surface area (Å²) in [5, 5.41) is 11.0. The number of aromatic amines is 1. The molecule has 4 rings (SSSR count). The number of carbonyl (C=O) groups is 1. The molecule has 1 saturated heterocycles. The molecule has 1 aromatic heterocycles. The SMILES string of the molecule is CCCOc1ccc(S(=O)(=O)N2CCN(C(C)=O)CC2)cc1-c1nc2cc(Cl)c([N+](=O)[O-])cc2c(=O)[nH]1. The summed E-state index contributed by atoms with van der Waals surface area (Å²) >= 11 is 6.02. The number of H-pyrrole nitrogens is 1. The van der Waals surface area contributed by atoms with Gasteiger partial charge in [-0.2, -0.15) is 4.31 Å². The van der Waals surface area contributed by atoms with Crippen molar-refractivity contribution < 1.29 is 22.9 Å². The first-order valence-corrected chi connectivity index (χ1v) is 13.3. The Morgan fingerprint density at radius 3 is 2.54 bits per heavy atom. The van der Waals surface area contributed by atoms with Crippen LogP contribution in [0.4, 0.5) is 5.69 Å². The highest BCUT2D eigenvalue weighted by molar-refractivity contribution is 7.89. The van der Waals surface area contributed by atoms with E-state index in [0.29, 0.717) is 18.8 Å². The Morgan fingerprint density at radius 1 is 1.22 bits per heavy atom. The predicted octanol–water partition coefficient (Wildman–Crippen LogP) is 2.79. The van der Waals surface area contributed by atoms with Gasteiger partial charge in [0, 0.05) is 39.2 Å². The molecule has 0 radical (unpaired) electrons. The molecule has 2 heterocycles. The van der Waals surface area contributed by atoms with Crippen molar-refractivity contribution in [1.29, 1.82) is 0 Å². The zero-order valence-corrected chi connectivity index (χ0v) is 21.6. The minimum absolute atomic E-state index is 0.0203. The summed E-state index contributed by atoms with van der Waals surface area (Å²) in [6.07, 6.45) is 0.681. The lowest BCUT2D eigenvalue weighted by molar-refractivity contribution is -0.384.